The Labute approximate surface area is 122 Å². The van der Waals surface area contributed by atoms with Gasteiger partial charge in [-0.05, 0) is 0 Å². The van der Waals surface area contributed by atoms with Crippen molar-refractivity contribution in [3.8, 4) is 0 Å². The molecule has 0 spiro atoms. The molecule has 13 heavy (non-hydrogen) atoms. The van der Waals surface area contributed by atoms with E-state index in [0.29, 0.717) is 0 Å². The molecule has 0 unspecified atom stereocenters. The summed E-state index contributed by atoms with van der Waals surface area (Å²) in [4.78, 5) is 3.65. The van der Waals surface area contributed by atoms with E-state index in [9.17, 15) is 10.0 Å². The van der Waals surface area contributed by atoms with Gasteiger partial charge in [-0.15, -0.1) is 5.46 Å². The number of rotatable bonds is 1. The van der Waals surface area contributed by atoms with Crippen molar-refractivity contribution in [2.75, 3.05) is 0 Å². The topological polar surface area (TPSA) is 59.0 Å². The van der Waals surface area contributed by atoms with E-state index < -0.39 is 7.12 Å². The van der Waals surface area contributed by atoms with Crippen molar-refractivity contribution < 1.29 is 34.9 Å². The maximum atomic E-state index is 10.1. The van der Waals surface area contributed by atoms with Crippen molar-refractivity contribution in [1.82, 2.24) is 4.98 Å². The third kappa shape index (κ3) is 9.55. The Bertz CT molecular complexity index is 193. The molecule has 8 heteroatoms. The number of hydrogen-bond acceptors (Lipinski definition) is 3. The smallest absolute Gasteiger partial charge is 1.00 e. The van der Waals surface area contributed by atoms with Gasteiger partial charge in [0.25, 0.3) is 0 Å². The van der Waals surface area contributed by atoms with Gasteiger partial charge in [0, 0.05) is 12.4 Å². The van der Waals surface area contributed by atoms with Gasteiger partial charge in [0.2, 0.25) is 0 Å². The fourth-order valence-corrected chi connectivity index (χ4v) is 0.521. The molecule has 0 fully saturated rings. The summed E-state index contributed by atoms with van der Waals surface area (Å²) < 4.78 is 0. The fourth-order valence-electron chi connectivity index (χ4n) is 0.521. The fraction of sp³-hybridized carbons (Fsp3) is 0. The quantitative estimate of drug-likeness (QED) is 0.458. The van der Waals surface area contributed by atoms with E-state index in [2.05, 4.69) is 4.98 Å². The van der Waals surface area contributed by atoms with Crippen molar-refractivity contribution in [2.24, 2.45) is 0 Å². The molecule has 1 aromatic heterocycles. The minimum absolute atomic E-state index is 0. The average molecular weight is 240 g/mol. The second-order valence-electron chi connectivity index (χ2n) is 1.61. The van der Waals surface area contributed by atoms with E-state index in [1.165, 1.54) is 24.5 Å². The van der Waals surface area contributed by atoms with Gasteiger partial charge < -0.3 is 34.9 Å². The Balaban J connectivity index is -0.000000101. The van der Waals surface area contributed by atoms with E-state index in [-0.39, 0.29) is 76.4 Å². The van der Waals surface area contributed by atoms with Crippen LogP contribution in [-0.4, -0.2) is 58.2 Å². The van der Waals surface area contributed by atoms with E-state index in [1.807, 2.05) is 0 Å². The Morgan fingerprint density at radius 1 is 1.00 bits per heavy atom. The molecule has 0 radical (unpaired) electrons. The molecule has 0 aliphatic heterocycles. The summed E-state index contributed by atoms with van der Waals surface area (Å²) in [6, 6.07) is 2.84. The van der Waals surface area contributed by atoms with Gasteiger partial charge in [0.15, 0.2) is 0 Å². The molecule has 0 saturated heterocycles. The third-order valence-corrected chi connectivity index (χ3v) is 0.978. The predicted molar refractivity (Wildman–Crippen MR) is 41.1 cm³/mol. The number of hydrogen-bond donors (Lipinski definition) is 0. The van der Waals surface area contributed by atoms with Crippen molar-refractivity contribution in [3.63, 3.8) is 0 Å². The Morgan fingerprint density at radius 2 is 1.38 bits per heavy atom. The van der Waals surface area contributed by atoms with Crippen LogP contribution in [-0.2, 0) is 0 Å². The molecule has 3 nitrogen and oxygen atoms in total. The maximum Gasteiger partial charge on any atom is 2.00 e. The van der Waals surface area contributed by atoms with E-state index in [1.54, 1.807) is 0 Å². The van der Waals surface area contributed by atoms with Gasteiger partial charge in [0.05, 0.1) is 0 Å². The zero-order valence-corrected chi connectivity index (χ0v) is 11.2. The molecule has 0 N–H and O–H groups in total. The van der Waals surface area contributed by atoms with Crippen molar-refractivity contribution in [1.29, 1.82) is 0 Å². The summed E-state index contributed by atoms with van der Waals surface area (Å²) in [5.74, 6) is 0. The zero-order chi connectivity index (χ0) is 6.69. The molecule has 0 bridgehead atoms. The van der Waals surface area contributed by atoms with E-state index in [4.69, 9.17) is 0 Å². The van der Waals surface area contributed by atoms with Gasteiger partial charge in [-0.3, -0.25) is 4.98 Å². The molecule has 1 rings (SSSR count). The normalized spacial score (nSPS) is 6.31. The molecule has 0 aliphatic rings. The molecule has 0 amide bonds. The van der Waals surface area contributed by atoms with Crippen LogP contribution in [0.1, 0.15) is 0 Å². The maximum absolute atomic E-state index is 10.1. The monoisotopic (exact) mass is 239 g/mol. The molecule has 0 aromatic carbocycles. The molecule has 62 valence electrons. The molecular weight excluding hydrogens is 236 g/mol. The Hall–Kier alpha value is 1.25. The van der Waals surface area contributed by atoms with Crippen LogP contribution in [0.25, 0.3) is 0 Å². The SMILES string of the molecule is [Cl-].[Cl-].[Mg+2].[Mg+2].[O-]B([O-])c1ccncc1. The second-order valence-corrected chi connectivity index (χ2v) is 1.61. The van der Waals surface area contributed by atoms with Crippen LogP contribution >= 0.6 is 0 Å². The second kappa shape index (κ2) is 13.2. The van der Waals surface area contributed by atoms with E-state index in [0.717, 1.165) is 0 Å². The Morgan fingerprint density at radius 3 is 1.62 bits per heavy atom. The summed E-state index contributed by atoms with van der Waals surface area (Å²) in [6.07, 6.45) is 2.86. The minimum Gasteiger partial charge on any atom is -1.00 e. The van der Waals surface area contributed by atoms with Gasteiger partial charge >= 0.3 is 46.1 Å². The van der Waals surface area contributed by atoms with Crippen LogP contribution in [0, 0.1) is 0 Å². The summed E-state index contributed by atoms with van der Waals surface area (Å²) in [5.41, 5.74) is 0.241. The van der Waals surface area contributed by atoms with Crippen LogP contribution in [0.5, 0.6) is 0 Å². The van der Waals surface area contributed by atoms with Crippen molar-refractivity contribution >= 4 is 58.7 Å². The standard InChI is InChI=1S/C5H4BNO2.2ClH.2Mg/c8-6(9)5-1-3-7-4-2-5;;;;/h1-4H;2*1H;;/q-2;;;2*+2/p-2. The number of pyridine rings is 1. The molecule has 1 heterocycles. The van der Waals surface area contributed by atoms with Crippen LogP contribution in [0.4, 0.5) is 0 Å². The third-order valence-electron chi connectivity index (χ3n) is 0.978. The van der Waals surface area contributed by atoms with Crippen LogP contribution in [0.3, 0.4) is 0 Å². The first-order chi connectivity index (χ1) is 4.30. The Kier molecular flexibility index (Phi) is 24.3. The molecular formula is C5H4BCl2Mg2NO2. The van der Waals surface area contributed by atoms with Crippen LogP contribution in [0.2, 0.25) is 0 Å². The zero-order valence-electron chi connectivity index (χ0n) is 6.82. The molecule has 1 aromatic rings. The average Bonchev–Trinajstić information content (AvgIpc) is 1.90. The summed E-state index contributed by atoms with van der Waals surface area (Å²) in [7, 11) is -1.88. The van der Waals surface area contributed by atoms with Gasteiger partial charge in [-0.25, -0.2) is 0 Å². The van der Waals surface area contributed by atoms with Crippen LogP contribution in [0.15, 0.2) is 24.5 Å². The summed E-state index contributed by atoms with van der Waals surface area (Å²) >= 11 is 0. The largest absolute Gasteiger partial charge is 2.00 e. The first-order valence-corrected chi connectivity index (χ1v) is 2.52. The van der Waals surface area contributed by atoms with Gasteiger partial charge in [-0.2, -0.15) is 0 Å². The minimum atomic E-state index is -1.88. The van der Waals surface area contributed by atoms with E-state index >= 15 is 0 Å². The number of nitrogens with zero attached hydrogens (tertiary/aromatic N) is 1. The first-order valence-electron chi connectivity index (χ1n) is 2.52. The summed E-state index contributed by atoms with van der Waals surface area (Å²) in [6.45, 7) is 0. The molecule has 0 saturated carbocycles. The predicted octanol–water partition coefficient (Wildman–Crippen LogP) is -9.26. The molecule has 0 aliphatic carbocycles. The number of aromatic nitrogens is 1. The number of halogens is 2. The van der Waals surface area contributed by atoms with Crippen molar-refractivity contribution in [2.45, 2.75) is 0 Å². The van der Waals surface area contributed by atoms with Gasteiger partial charge in [-0.1, -0.05) is 19.3 Å². The molecule has 0 atom stereocenters. The van der Waals surface area contributed by atoms with Crippen molar-refractivity contribution in [3.05, 3.63) is 24.5 Å². The first kappa shape index (κ1) is 23.8. The van der Waals surface area contributed by atoms with Crippen LogP contribution < -0.4 is 40.3 Å². The van der Waals surface area contributed by atoms with Gasteiger partial charge in [0.1, 0.15) is 0 Å². The summed E-state index contributed by atoms with van der Waals surface area (Å²) in [5, 5.41) is 20.3.